The second-order valence-corrected chi connectivity index (χ2v) is 8.28. The van der Waals surface area contributed by atoms with Crippen LogP contribution in [0, 0.1) is 0 Å². The zero-order valence-corrected chi connectivity index (χ0v) is 21.5. The van der Waals surface area contributed by atoms with Crippen LogP contribution in [0.5, 0.6) is 5.75 Å². The number of esters is 5. The lowest BCUT2D eigenvalue weighted by Gasteiger charge is -2.44. The van der Waals surface area contributed by atoms with Crippen LogP contribution in [-0.4, -0.2) is 60.9 Å². The van der Waals surface area contributed by atoms with Crippen LogP contribution in [0.4, 0.5) is 0 Å². The Morgan fingerprint density at radius 2 is 1.37 bits per heavy atom. The highest BCUT2D eigenvalue weighted by Gasteiger charge is 2.53. The molecular weight excluding hydrogens is 532 g/mol. The summed E-state index contributed by atoms with van der Waals surface area (Å²) in [5.74, 6) is -3.33. The van der Waals surface area contributed by atoms with Crippen LogP contribution in [0.3, 0.4) is 0 Å². The number of benzene rings is 1. The monoisotopic (exact) mass is 558 g/mol. The van der Waals surface area contributed by atoms with Gasteiger partial charge in [-0.3, -0.25) is 24.0 Å². The van der Waals surface area contributed by atoms with Gasteiger partial charge < -0.3 is 28.4 Å². The average molecular weight is 559 g/mol. The molecule has 1 aliphatic rings. The lowest BCUT2D eigenvalue weighted by atomic mass is 9.89. The number of carbonyl (C=O) groups is 5. The van der Waals surface area contributed by atoms with E-state index in [1.807, 2.05) is 0 Å². The number of rotatable bonds is 8. The van der Waals surface area contributed by atoms with Crippen LogP contribution in [0.25, 0.3) is 0 Å². The van der Waals surface area contributed by atoms with Crippen molar-refractivity contribution in [1.29, 1.82) is 0 Å². The molecule has 11 nitrogen and oxygen atoms in total. The van der Waals surface area contributed by atoms with Gasteiger partial charge in [0, 0.05) is 45.5 Å². The number of halogens is 1. The summed E-state index contributed by atoms with van der Waals surface area (Å²) < 4.78 is 32.9. The van der Waals surface area contributed by atoms with E-state index >= 15 is 0 Å². The molecule has 1 unspecified atom stereocenters. The molecule has 0 aromatic heterocycles. The van der Waals surface area contributed by atoms with Crippen molar-refractivity contribution in [3.8, 4) is 5.75 Å². The third-order valence-electron chi connectivity index (χ3n) is 4.78. The SMILES string of the molecule is CC(=O)OC[C@H]1OC(c2cc(CBr)ccc2OC(C)=O)[C@H](OC(C)=O)[C@@H](OC(C)=O)[C@@H]1OC(C)=O. The molecule has 0 aliphatic carbocycles. The fourth-order valence-electron chi connectivity index (χ4n) is 3.63. The van der Waals surface area contributed by atoms with Crippen molar-refractivity contribution in [3.63, 3.8) is 0 Å². The smallest absolute Gasteiger partial charge is 0.308 e. The van der Waals surface area contributed by atoms with E-state index in [0.29, 0.717) is 10.9 Å². The highest BCUT2D eigenvalue weighted by molar-refractivity contribution is 9.08. The fourth-order valence-corrected chi connectivity index (χ4v) is 3.98. The molecule has 0 spiro atoms. The van der Waals surface area contributed by atoms with E-state index < -0.39 is 60.4 Å². The van der Waals surface area contributed by atoms with Crippen LogP contribution < -0.4 is 4.74 Å². The van der Waals surface area contributed by atoms with Crippen LogP contribution in [-0.2, 0) is 53.0 Å². The van der Waals surface area contributed by atoms with Crippen molar-refractivity contribution in [2.45, 2.75) is 70.5 Å². The second-order valence-electron chi connectivity index (χ2n) is 7.72. The Balaban J connectivity index is 2.70. The molecule has 2 rings (SSSR count). The van der Waals surface area contributed by atoms with E-state index in [-0.39, 0.29) is 12.4 Å². The molecule has 12 heteroatoms. The second kappa shape index (κ2) is 12.6. The summed E-state index contributed by atoms with van der Waals surface area (Å²) in [6, 6.07) is 4.91. The largest absolute Gasteiger partial charge is 0.463 e. The van der Waals surface area contributed by atoms with Crippen molar-refractivity contribution in [2.75, 3.05) is 6.61 Å². The number of ether oxygens (including phenoxy) is 6. The van der Waals surface area contributed by atoms with E-state index in [4.69, 9.17) is 28.4 Å². The van der Waals surface area contributed by atoms with Crippen molar-refractivity contribution in [1.82, 2.24) is 0 Å². The Kier molecular flexibility index (Phi) is 10.2. The Morgan fingerprint density at radius 1 is 0.800 bits per heavy atom. The van der Waals surface area contributed by atoms with Crippen molar-refractivity contribution in [3.05, 3.63) is 29.3 Å². The van der Waals surface area contributed by atoms with E-state index in [2.05, 4.69) is 15.9 Å². The van der Waals surface area contributed by atoms with Gasteiger partial charge in [-0.05, 0) is 17.7 Å². The fraction of sp³-hybridized carbons (Fsp3) is 0.522. The maximum absolute atomic E-state index is 12.0. The van der Waals surface area contributed by atoms with Gasteiger partial charge in [-0.15, -0.1) is 0 Å². The van der Waals surface area contributed by atoms with Gasteiger partial charge in [0.25, 0.3) is 0 Å². The van der Waals surface area contributed by atoms with Crippen molar-refractivity contribution >= 4 is 45.8 Å². The first-order valence-electron chi connectivity index (χ1n) is 10.6. The zero-order chi connectivity index (χ0) is 26.3. The molecule has 1 fully saturated rings. The molecule has 1 heterocycles. The quantitative estimate of drug-likeness (QED) is 0.201. The van der Waals surface area contributed by atoms with Crippen molar-refractivity contribution in [2.24, 2.45) is 0 Å². The number of hydrogen-bond donors (Lipinski definition) is 0. The van der Waals surface area contributed by atoms with Gasteiger partial charge in [0.15, 0.2) is 18.3 Å². The van der Waals surface area contributed by atoms with E-state index in [9.17, 15) is 24.0 Å². The minimum Gasteiger partial charge on any atom is -0.463 e. The summed E-state index contributed by atoms with van der Waals surface area (Å²) in [5, 5.41) is 0.436. The summed E-state index contributed by atoms with van der Waals surface area (Å²) in [4.78, 5) is 59.1. The molecule has 0 amide bonds. The Morgan fingerprint density at radius 3 is 1.89 bits per heavy atom. The number of hydrogen-bond acceptors (Lipinski definition) is 11. The highest BCUT2D eigenvalue weighted by Crippen LogP contribution is 2.41. The van der Waals surface area contributed by atoms with E-state index in [0.717, 1.165) is 26.3 Å². The van der Waals surface area contributed by atoms with Crippen LogP contribution in [0.15, 0.2) is 18.2 Å². The number of alkyl halides is 1. The van der Waals surface area contributed by atoms with E-state index in [1.54, 1.807) is 18.2 Å². The van der Waals surface area contributed by atoms with Gasteiger partial charge >= 0.3 is 29.8 Å². The molecule has 0 saturated carbocycles. The Bertz CT molecular complexity index is 976. The van der Waals surface area contributed by atoms with Gasteiger partial charge in [-0.2, -0.15) is 0 Å². The molecule has 0 N–H and O–H groups in total. The maximum Gasteiger partial charge on any atom is 0.308 e. The van der Waals surface area contributed by atoms with Crippen LogP contribution >= 0.6 is 15.9 Å². The molecule has 192 valence electrons. The summed E-state index contributed by atoms with van der Waals surface area (Å²) in [6.45, 7) is 5.46. The first-order chi connectivity index (χ1) is 16.4. The summed E-state index contributed by atoms with van der Waals surface area (Å²) in [6.07, 6.45) is -6.22. The Labute approximate surface area is 210 Å². The third kappa shape index (κ3) is 8.03. The molecule has 0 radical (unpaired) electrons. The Hall–Kier alpha value is -2.99. The molecule has 1 aliphatic heterocycles. The van der Waals surface area contributed by atoms with Gasteiger partial charge in [0.1, 0.15) is 24.6 Å². The summed E-state index contributed by atoms with van der Waals surface area (Å²) >= 11 is 3.36. The molecule has 0 bridgehead atoms. The molecule has 35 heavy (non-hydrogen) atoms. The third-order valence-corrected chi connectivity index (χ3v) is 5.43. The lowest BCUT2D eigenvalue weighted by molar-refractivity contribution is -0.254. The van der Waals surface area contributed by atoms with E-state index in [1.165, 1.54) is 13.8 Å². The standard InChI is InChI=1S/C23H27BrO11/c1-11(25)30-10-19-21(32-13(3)27)23(34-15(5)29)22(33-14(4)28)20(35-19)17-8-16(9-24)6-7-18(17)31-12(2)26/h6-8,19-23H,9-10H2,1-5H3/t19-,20?,21-,22+,23+/m1/s1. The molecule has 1 saturated heterocycles. The van der Waals surface area contributed by atoms with Crippen molar-refractivity contribution < 1.29 is 52.4 Å². The minimum atomic E-state index is -1.34. The van der Waals surface area contributed by atoms with Gasteiger partial charge in [0.05, 0.1) is 0 Å². The minimum absolute atomic E-state index is 0.114. The molecule has 1 aromatic carbocycles. The first-order valence-corrected chi connectivity index (χ1v) is 11.7. The lowest BCUT2D eigenvalue weighted by Crippen LogP contribution is -2.59. The van der Waals surface area contributed by atoms with Crippen LogP contribution in [0.2, 0.25) is 0 Å². The summed E-state index contributed by atoms with van der Waals surface area (Å²) in [7, 11) is 0. The maximum atomic E-state index is 12.0. The predicted molar refractivity (Wildman–Crippen MR) is 121 cm³/mol. The first kappa shape index (κ1) is 28.2. The van der Waals surface area contributed by atoms with Gasteiger partial charge in [-0.25, -0.2) is 0 Å². The summed E-state index contributed by atoms with van der Waals surface area (Å²) in [5.41, 5.74) is 1.07. The molecular formula is C23H27BrO11. The topological polar surface area (TPSA) is 141 Å². The highest BCUT2D eigenvalue weighted by atomic mass is 79.9. The number of carbonyl (C=O) groups excluding carboxylic acids is 5. The van der Waals surface area contributed by atoms with Gasteiger partial charge in [0.2, 0.25) is 0 Å². The molecule has 1 aromatic rings. The zero-order valence-electron chi connectivity index (χ0n) is 19.9. The molecule has 5 atom stereocenters. The van der Waals surface area contributed by atoms with Gasteiger partial charge in [-0.1, -0.05) is 22.0 Å². The predicted octanol–water partition coefficient (Wildman–Crippen LogP) is 2.30. The average Bonchev–Trinajstić information content (AvgIpc) is 2.74. The van der Waals surface area contributed by atoms with Crippen LogP contribution in [0.1, 0.15) is 51.8 Å². The normalized spacial score (nSPS) is 23.5.